The summed E-state index contributed by atoms with van der Waals surface area (Å²) >= 11 is 6.46. The van der Waals surface area contributed by atoms with E-state index in [4.69, 9.17) is 21.1 Å². The van der Waals surface area contributed by atoms with Gasteiger partial charge in [0.1, 0.15) is 6.61 Å². The number of hydrogen-bond donors (Lipinski definition) is 1. The van der Waals surface area contributed by atoms with Crippen LogP contribution in [0.3, 0.4) is 0 Å². The predicted octanol–water partition coefficient (Wildman–Crippen LogP) is 6.44. The number of aryl methyl sites for hydroxylation is 2. The molecule has 0 radical (unpaired) electrons. The number of nitrogens with one attached hydrogen (secondary N) is 1. The van der Waals surface area contributed by atoms with Crippen LogP contribution in [-0.4, -0.2) is 12.5 Å². The van der Waals surface area contributed by atoms with Gasteiger partial charge in [-0.25, -0.2) is 0 Å². The molecule has 4 nitrogen and oxygen atoms in total. The molecule has 1 N–H and O–H groups in total. The maximum absolute atomic E-state index is 12.7. The third-order valence-electron chi connectivity index (χ3n) is 4.70. The topological polar surface area (TPSA) is 47.6 Å². The molecular formula is C25H26ClNO3. The van der Waals surface area contributed by atoms with E-state index in [2.05, 4.69) is 12.2 Å². The molecule has 0 aliphatic rings. The lowest BCUT2D eigenvalue weighted by Gasteiger charge is -2.15. The summed E-state index contributed by atoms with van der Waals surface area (Å²) in [7, 11) is 0. The third-order valence-corrected chi connectivity index (χ3v) is 4.98. The first-order valence-electron chi connectivity index (χ1n) is 10.0. The second kappa shape index (κ2) is 10.2. The summed E-state index contributed by atoms with van der Waals surface area (Å²) in [5, 5.41) is 3.23. The van der Waals surface area contributed by atoms with Gasteiger partial charge >= 0.3 is 0 Å². The molecule has 0 saturated carbocycles. The Kier molecular flexibility index (Phi) is 7.36. The number of amides is 1. The summed E-state index contributed by atoms with van der Waals surface area (Å²) < 4.78 is 11.6. The Hall–Kier alpha value is -2.98. The van der Waals surface area contributed by atoms with Crippen molar-refractivity contribution in [3.05, 3.63) is 87.9 Å². The van der Waals surface area contributed by atoms with Crippen LogP contribution in [0.1, 0.15) is 40.9 Å². The summed E-state index contributed by atoms with van der Waals surface area (Å²) in [6, 6.07) is 19.1. The highest BCUT2D eigenvalue weighted by molar-refractivity contribution is 6.32. The van der Waals surface area contributed by atoms with Crippen LogP contribution in [0.2, 0.25) is 5.02 Å². The number of anilines is 1. The second-order valence-corrected chi connectivity index (χ2v) is 7.40. The van der Waals surface area contributed by atoms with Crippen LogP contribution >= 0.6 is 11.6 Å². The number of halogens is 1. The van der Waals surface area contributed by atoms with Gasteiger partial charge in [-0.15, -0.1) is 0 Å². The van der Waals surface area contributed by atoms with Crippen LogP contribution in [0.5, 0.6) is 11.5 Å². The van der Waals surface area contributed by atoms with Crippen LogP contribution in [0.15, 0.2) is 60.7 Å². The molecule has 0 unspecified atom stereocenters. The van der Waals surface area contributed by atoms with Crippen molar-refractivity contribution in [1.82, 2.24) is 0 Å². The molecule has 1 amide bonds. The van der Waals surface area contributed by atoms with Gasteiger partial charge in [-0.2, -0.15) is 0 Å². The van der Waals surface area contributed by atoms with Crippen molar-refractivity contribution < 1.29 is 14.3 Å². The Bertz CT molecular complexity index is 998. The Morgan fingerprint density at radius 2 is 1.60 bits per heavy atom. The van der Waals surface area contributed by atoms with Gasteiger partial charge in [-0.1, -0.05) is 60.5 Å². The first-order valence-corrected chi connectivity index (χ1v) is 10.4. The smallest absolute Gasteiger partial charge is 0.255 e. The number of carbonyl (C=O) groups is 1. The lowest BCUT2D eigenvalue weighted by molar-refractivity contribution is 0.102. The summed E-state index contributed by atoms with van der Waals surface area (Å²) in [5.41, 5.74) is 4.56. The number of benzene rings is 3. The molecule has 5 heteroatoms. The fourth-order valence-corrected chi connectivity index (χ4v) is 3.23. The second-order valence-electron chi connectivity index (χ2n) is 7.00. The normalized spacial score (nSPS) is 10.5. The van der Waals surface area contributed by atoms with Crippen molar-refractivity contribution >= 4 is 23.2 Å². The zero-order valence-electron chi connectivity index (χ0n) is 17.5. The lowest BCUT2D eigenvalue weighted by atomic mass is 10.1. The minimum Gasteiger partial charge on any atom is -0.490 e. The summed E-state index contributed by atoms with van der Waals surface area (Å²) in [6.45, 7) is 6.79. The molecule has 0 aliphatic heterocycles. The van der Waals surface area contributed by atoms with E-state index in [-0.39, 0.29) is 5.91 Å². The van der Waals surface area contributed by atoms with Crippen molar-refractivity contribution in [2.45, 2.75) is 33.8 Å². The van der Waals surface area contributed by atoms with E-state index in [0.717, 1.165) is 17.7 Å². The Morgan fingerprint density at radius 3 is 2.23 bits per heavy atom. The van der Waals surface area contributed by atoms with Gasteiger partial charge in [0, 0.05) is 11.3 Å². The third kappa shape index (κ3) is 5.55. The molecule has 0 heterocycles. The Balaban J connectivity index is 1.78. The average Bonchev–Trinajstić information content (AvgIpc) is 2.75. The molecule has 0 aliphatic carbocycles. The zero-order chi connectivity index (χ0) is 21.5. The van der Waals surface area contributed by atoms with Crippen molar-refractivity contribution in [1.29, 1.82) is 0 Å². The van der Waals surface area contributed by atoms with Gasteiger partial charge in [0.05, 0.1) is 11.6 Å². The first kappa shape index (κ1) is 21.7. The SMILES string of the molecule is CCOc1cc(C(=O)Nc2ccc(CC)cc2)cc(Cl)c1OCc1ccc(C)cc1. The summed E-state index contributed by atoms with van der Waals surface area (Å²) in [6.07, 6.45) is 0.950. The van der Waals surface area contributed by atoms with Crippen molar-refractivity contribution in [2.24, 2.45) is 0 Å². The predicted molar refractivity (Wildman–Crippen MR) is 122 cm³/mol. The zero-order valence-corrected chi connectivity index (χ0v) is 18.3. The minimum absolute atomic E-state index is 0.257. The average molecular weight is 424 g/mol. The van der Waals surface area contributed by atoms with Gasteiger partial charge in [0.25, 0.3) is 5.91 Å². The molecule has 0 spiro atoms. The van der Waals surface area contributed by atoms with E-state index < -0.39 is 0 Å². The summed E-state index contributed by atoms with van der Waals surface area (Å²) in [4.78, 5) is 12.7. The molecule has 3 aromatic carbocycles. The first-order chi connectivity index (χ1) is 14.5. The highest BCUT2D eigenvalue weighted by Gasteiger charge is 2.17. The molecule has 3 rings (SSSR count). The maximum Gasteiger partial charge on any atom is 0.255 e. The molecule has 0 aromatic heterocycles. The number of carbonyl (C=O) groups excluding carboxylic acids is 1. The Morgan fingerprint density at radius 1 is 0.933 bits per heavy atom. The van der Waals surface area contributed by atoms with Crippen LogP contribution in [0.4, 0.5) is 5.69 Å². The van der Waals surface area contributed by atoms with E-state index in [1.54, 1.807) is 12.1 Å². The van der Waals surface area contributed by atoms with Crippen LogP contribution in [0.25, 0.3) is 0 Å². The maximum atomic E-state index is 12.7. The van der Waals surface area contributed by atoms with Gasteiger partial charge in [-0.3, -0.25) is 4.79 Å². The molecule has 0 atom stereocenters. The molecule has 156 valence electrons. The van der Waals surface area contributed by atoms with Crippen LogP contribution < -0.4 is 14.8 Å². The number of ether oxygens (including phenoxy) is 2. The van der Waals surface area contributed by atoms with E-state index in [1.165, 1.54) is 11.1 Å². The van der Waals surface area contributed by atoms with Crippen molar-refractivity contribution in [3.63, 3.8) is 0 Å². The van der Waals surface area contributed by atoms with Gasteiger partial charge in [-0.05, 0) is 55.7 Å². The van der Waals surface area contributed by atoms with Gasteiger partial charge in [0.2, 0.25) is 0 Å². The monoisotopic (exact) mass is 423 g/mol. The van der Waals surface area contributed by atoms with E-state index in [9.17, 15) is 4.79 Å². The molecule has 0 bridgehead atoms. The molecule has 30 heavy (non-hydrogen) atoms. The molecular weight excluding hydrogens is 398 g/mol. The quantitative estimate of drug-likeness (QED) is 0.453. The van der Waals surface area contributed by atoms with Gasteiger partial charge < -0.3 is 14.8 Å². The Labute approximate surface area is 182 Å². The molecule has 0 saturated heterocycles. The summed E-state index contributed by atoms with van der Waals surface area (Å²) in [5.74, 6) is 0.624. The minimum atomic E-state index is -0.257. The molecule has 3 aromatic rings. The van der Waals surface area contributed by atoms with E-state index in [0.29, 0.717) is 35.3 Å². The van der Waals surface area contributed by atoms with Crippen molar-refractivity contribution in [2.75, 3.05) is 11.9 Å². The number of hydrogen-bond acceptors (Lipinski definition) is 3. The van der Waals surface area contributed by atoms with E-state index in [1.807, 2.05) is 62.4 Å². The lowest BCUT2D eigenvalue weighted by Crippen LogP contribution is -2.12. The fourth-order valence-electron chi connectivity index (χ4n) is 2.97. The fraction of sp³-hybridized carbons (Fsp3) is 0.240. The van der Waals surface area contributed by atoms with Gasteiger partial charge in [0.15, 0.2) is 11.5 Å². The molecule has 0 fully saturated rings. The standard InChI is InChI=1S/C25H26ClNO3/c1-4-18-10-12-21(13-11-18)27-25(28)20-14-22(26)24(23(15-20)29-5-2)30-16-19-8-6-17(3)7-9-19/h6-15H,4-5,16H2,1-3H3,(H,27,28). The van der Waals surface area contributed by atoms with Crippen molar-refractivity contribution in [3.8, 4) is 11.5 Å². The number of rotatable bonds is 8. The van der Waals surface area contributed by atoms with E-state index >= 15 is 0 Å². The highest BCUT2D eigenvalue weighted by Crippen LogP contribution is 2.37. The highest BCUT2D eigenvalue weighted by atomic mass is 35.5. The van der Waals surface area contributed by atoms with Crippen LogP contribution in [0, 0.1) is 6.92 Å². The largest absolute Gasteiger partial charge is 0.490 e. The van der Waals surface area contributed by atoms with Crippen LogP contribution in [-0.2, 0) is 13.0 Å².